The number of aryl methyl sites for hydroxylation is 1. The average Bonchev–Trinajstić information content (AvgIpc) is 3.35. The molecule has 0 radical (unpaired) electrons. The summed E-state index contributed by atoms with van der Waals surface area (Å²) in [5.41, 5.74) is 0.687. The second-order valence-corrected chi connectivity index (χ2v) is 8.71. The third-order valence-corrected chi connectivity index (χ3v) is 6.63. The Morgan fingerprint density at radius 1 is 1.24 bits per heavy atom. The van der Waals surface area contributed by atoms with Crippen LogP contribution in [0.2, 0.25) is 0 Å². The van der Waals surface area contributed by atoms with Gasteiger partial charge in [-0.3, -0.25) is 4.79 Å². The van der Waals surface area contributed by atoms with Crippen LogP contribution in [0.25, 0.3) is 11.3 Å². The molecular formula is C22H22F4N6O. The molecule has 2 fully saturated rings. The molecule has 3 atom stereocenters. The van der Waals surface area contributed by atoms with Crippen molar-refractivity contribution in [1.82, 2.24) is 29.7 Å². The first-order valence-corrected chi connectivity index (χ1v) is 10.7. The topological polar surface area (TPSA) is 75.9 Å². The Balaban J connectivity index is 1.50. The van der Waals surface area contributed by atoms with Crippen LogP contribution >= 0.6 is 0 Å². The summed E-state index contributed by atoms with van der Waals surface area (Å²) in [6, 6.07) is 2.65. The molecule has 0 spiro atoms. The Morgan fingerprint density at radius 2 is 2.03 bits per heavy atom. The molecule has 5 rings (SSSR count). The molecule has 2 aliphatic heterocycles. The number of likely N-dealkylation sites (N-methyl/N-ethyl adjacent to an activating group) is 1. The quantitative estimate of drug-likeness (QED) is 0.606. The maximum atomic E-state index is 14.1. The number of carbonyl (C=O) groups is 1. The minimum atomic E-state index is -4.75. The molecule has 2 aliphatic rings. The molecule has 1 amide bonds. The predicted molar refractivity (Wildman–Crippen MR) is 111 cm³/mol. The van der Waals surface area contributed by atoms with Crippen molar-refractivity contribution < 1.29 is 22.4 Å². The van der Waals surface area contributed by atoms with Crippen LogP contribution < -0.4 is 5.32 Å². The van der Waals surface area contributed by atoms with E-state index in [1.165, 1.54) is 6.07 Å². The number of halogens is 4. The molecule has 1 N–H and O–H groups in total. The lowest BCUT2D eigenvalue weighted by atomic mass is 9.80. The summed E-state index contributed by atoms with van der Waals surface area (Å²) in [7, 11) is 1.77. The number of rotatable bonds is 3. The van der Waals surface area contributed by atoms with E-state index in [1.54, 1.807) is 29.6 Å². The molecule has 11 heteroatoms. The number of alkyl halides is 3. The van der Waals surface area contributed by atoms with Gasteiger partial charge in [0, 0.05) is 19.5 Å². The zero-order valence-electron chi connectivity index (χ0n) is 18.0. The summed E-state index contributed by atoms with van der Waals surface area (Å²) in [5, 5.41) is 3.27. The van der Waals surface area contributed by atoms with Crippen LogP contribution in [-0.2, 0) is 17.5 Å². The molecule has 0 aliphatic carbocycles. The highest BCUT2D eigenvalue weighted by Crippen LogP contribution is 2.37. The number of carbonyl (C=O) groups excluding carboxylic acids is 1. The summed E-state index contributed by atoms with van der Waals surface area (Å²) in [5.74, 6) is -0.561. The van der Waals surface area contributed by atoms with Crippen LogP contribution in [-0.4, -0.2) is 56.5 Å². The van der Waals surface area contributed by atoms with E-state index in [1.807, 2.05) is 0 Å². The van der Waals surface area contributed by atoms with Crippen LogP contribution in [0.3, 0.4) is 0 Å². The van der Waals surface area contributed by atoms with Crippen molar-refractivity contribution in [2.24, 2.45) is 5.92 Å². The molecule has 4 heterocycles. The molecule has 0 bridgehead atoms. The highest BCUT2D eigenvalue weighted by atomic mass is 19.4. The van der Waals surface area contributed by atoms with Gasteiger partial charge in [0.05, 0.1) is 30.0 Å². The maximum Gasteiger partial charge on any atom is 0.419 e. The van der Waals surface area contributed by atoms with Gasteiger partial charge >= 0.3 is 6.18 Å². The molecular weight excluding hydrogens is 440 g/mol. The standard InChI is InChI=1S/C22H22F4N6O/c1-11-29-19-20(32(11)9-12-3-4-15(16(23)7-12)22(24,25)26)30-17(8-28-19)14-10-31(2)21(33)18-13(14)5-6-27-18/h3-4,7-8,13-14,18,27H,5-6,9-10H2,1-2H3. The minimum Gasteiger partial charge on any atom is -0.344 e. The largest absolute Gasteiger partial charge is 0.419 e. The molecule has 174 valence electrons. The van der Waals surface area contributed by atoms with E-state index >= 15 is 0 Å². The Hall–Kier alpha value is -3.08. The Morgan fingerprint density at radius 3 is 2.76 bits per heavy atom. The van der Waals surface area contributed by atoms with E-state index in [4.69, 9.17) is 4.98 Å². The Kier molecular flexibility index (Phi) is 5.11. The summed E-state index contributed by atoms with van der Waals surface area (Å²) >= 11 is 0. The van der Waals surface area contributed by atoms with Crippen molar-refractivity contribution >= 4 is 17.2 Å². The zero-order valence-corrected chi connectivity index (χ0v) is 18.0. The summed E-state index contributed by atoms with van der Waals surface area (Å²) in [6.07, 6.45) is -2.21. The molecule has 0 saturated carbocycles. The SMILES string of the molecule is Cc1nc2ncc(C3CN(C)C(=O)C4NCCC43)nc2n1Cc1ccc(C(F)(F)F)c(F)c1. The third kappa shape index (κ3) is 3.73. The van der Waals surface area contributed by atoms with Gasteiger partial charge in [-0.25, -0.2) is 19.3 Å². The van der Waals surface area contributed by atoms with Gasteiger partial charge in [-0.15, -0.1) is 0 Å². The molecule has 7 nitrogen and oxygen atoms in total. The van der Waals surface area contributed by atoms with Crippen LogP contribution in [0.4, 0.5) is 17.6 Å². The second kappa shape index (κ2) is 7.75. The number of benzene rings is 1. The van der Waals surface area contributed by atoms with E-state index in [2.05, 4.69) is 15.3 Å². The van der Waals surface area contributed by atoms with Crippen molar-refractivity contribution in [2.75, 3.05) is 20.1 Å². The van der Waals surface area contributed by atoms with Crippen molar-refractivity contribution in [2.45, 2.75) is 38.0 Å². The third-order valence-electron chi connectivity index (χ3n) is 6.63. The number of hydrogen-bond donors (Lipinski definition) is 1. The van der Waals surface area contributed by atoms with Gasteiger partial charge in [-0.1, -0.05) is 6.07 Å². The van der Waals surface area contributed by atoms with Crippen molar-refractivity contribution in [3.05, 3.63) is 52.9 Å². The minimum absolute atomic E-state index is 0.00299. The summed E-state index contributed by atoms with van der Waals surface area (Å²) < 4.78 is 54.5. The normalized spacial score (nSPS) is 23.4. The van der Waals surface area contributed by atoms with Crippen LogP contribution in [0.5, 0.6) is 0 Å². The number of nitrogens with one attached hydrogen (secondary N) is 1. The average molecular weight is 462 g/mol. The number of aromatic nitrogens is 4. The first kappa shape index (κ1) is 21.7. The van der Waals surface area contributed by atoms with Crippen LogP contribution in [0.1, 0.15) is 35.0 Å². The van der Waals surface area contributed by atoms with Crippen molar-refractivity contribution in [3.63, 3.8) is 0 Å². The van der Waals surface area contributed by atoms with Gasteiger partial charge in [0.1, 0.15) is 11.6 Å². The van der Waals surface area contributed by atoms with Gasteiger partial charge in [0.25, 0.3) is 0 Å². The number of fused-ring (bicyclic) bond motifs is 2. The first-order chi connectivity index (χ1) is 15.6. The molecule has 33 heavy (non-hydrogen) atoms. The lowest BCUT2D eigenvalue weighted by Gasteiger charge is -2.37. The highest BCUT2D eigenvalue weighted by Gasteiger charge is 2.45. The number of nitrogens with zero attached hydrogens (tertiary/aromatic N) is 5. The van der Waals surface area contributed by atoms with E-state index in [0.717, 1.165) is 30.8 Å². The fourth-order valence-electron chi connectivity index (χ4n) is 4.95. The second-order valence-electron chi connectivity index (χ2n) is 8.71. The summed E-state index contributed by atoms with van der Waals surface area (Å²) in [6.45, 7) is 3.14. The fourth-order valence-corrected chi connectivity index (χ4v) is 4.95. The van der Waals surface area contributed by atoms with Gasteiger partial charge < -0.3 is 14.8 Å². The van der Waals surface area contributed by atoms with Gasteiger partial charge in [-0.05, 0) is 43.5 Å². The molecule has 3 unspecified atom stereocenters. The lowest BCUT2D eigenvalue weighted by Crippen LogP contribution is -2.53. The van der Waals surface area contributed by atoms with Crippen LogP contribution in [0, 0.1) is 18.7 Å². The van der Waals surface area contributed by atoms with E-state index in [9.17, 15) is 22.4 Å². The summed E-state index contributed by atoms with van der Waals surface area (Å²) in [4.78, 5) is 27.9. The lowest BCUT2D eigenvalue weighted by molar-refractivity contribution is -0.140. The van der Waals surface area contributed by atoms with Gasteiger partial charge in [-0.2, -0.15) is 13.2 Å². The van der Waals surface area contributed by atoms with Crippen LogP contribution in [0.15, 0.2) is 24.4 Å². The number of imidazole rings is 1. The van der Waals surface area contributed by atoms with Gasteiger partial charge in [0.2, 0.25) is 5.91 Å². The zero-order chi connectivity index (χ0) is 23.5. The number of amides is 1. The molecule has 2 aromatic heterocycles. The van der Waals surface area contributed by atoms with E-state index in [0.29, 0.717) is 29.2 Å². The highest BCUT2D eigenvalue weighted by molar-refractivity contribution is 5.83. The fraction of sp³-hybridized carbons (Fsp3) is 0.455. The van der Waals surface area contributed by atoms with E-state index < -0.39 is 17.6 Å². The predicted octanol–water partition coefficient (Wildman–Crippen LogP) is 2.87. The number of likely N-dealkylation sites (tertiary alicyclic amines) is 1. The molecule has 1 aromatic carbocycles. The smallest absolute Gasteiger partial charge is 0.344 e. The Labute approximate surface area is 186 Å². The first-order valence-electron chi connectivity index (χ1n) is 10.7. The van der Waals surface area contributed by atoms with Gasteiger partial charge in [0.15, 0.2) is 11.3 Å². The Bertz CT molecular complexity index is 1240. The maximum absolute atomic E-state index is 14.1. The molecule has 2 saturated heterocycles. The molecule has 3 aromatic rings. The number of hydrogen-bond acceptors (Lipinski definition) is 5. The van der Waals surface area contributed by atoms with E-state index in [-0.39, 0.29) is 30.3 Å². The van der Waals surface area contributed by atoms with Crippen molar-refractivity contribution in [3.8, 4) is 0 Å². The van der Waals surface area contributed by atoms with Crippen molar-refractivity contribution in [1.29, 1.82) is 0 Å². The monoisotopic (exact) mass is 462 g/mol. The number of piperidine rings is 1.